The monoisotopic (exact) mass is 188 g/mol. The van der Waals surface area contributed by atoms with Gasteiger partial charge in [-0.25, -0.2) is 14.8 Å². The van der Waals surface area contributed by atoms with E-state index < -0.39 is 5.97 Å². The molecule has 1 heterocycles. The van der Waals surface area contributed by atoms with Crippen molar-refractivity contribution in [3.63, 3.8) is 0 Å². The summed E-state index contributed by atoms with van der Waals surface area (Å²) in [5.74, 6) is -1.25. The van der Waals surface area contributed by atoms with Crippen molar-refractivity contribution >= 4 is 16.9 Å². The number of fused-ring (bicyclic) bond motifs is 1. The lowest BCUT2D eigenvalue weighted by Gasteiger charge is -2.01. The summed E-state index contributed by atoms with van der Waals surface area (Å²) in [7, 11) is 0. The predicted molar refractivity (Wildman–Crippen MR) is 51.2 cm³/mol. The number of carbonyl (C=O) groups is 1. The molecule has 0 aliphatic carbocycles. The highest BCUT2D eigenvalue weighted by Crippen LogP contribution is 2.14. The van der Waals surface area contributed by atoms with Crippen LogP contribution in [-0.2, 0) is 0 Å². The lowest BCUT2D eigenvalue weighted by atomic mass is 10.2. The molecule has 14 heavy (non-hydrogen) atoms. The average Bonchev–Trinajstić information content (AvgIpc) is 2.17. The van der Waals surface area contributed by atoms with Crippen LogP contribution in [0.15, 0.2) is 24.3 Å². The van der Waals surface area contributed by atoms with Gasteiger partial charge in [0, 0.05) is 11.1 Å². The molecule has 0 radical (unpaired) electrons. The molecule has 0 aliphatic rings. The smallest absolute Gasteiger partial charge is 0.373 e. The van der Waals surface area contributed by atoms with E-state index in [9.17, 15) is 4.79 Å². The lowest BCUT2D eigenvalue weighted by molar-refractivity contribution is 0.0683. The van der Waals surface area contributed by atoms with Crippen LogP contribution >= 0.6 is 0 Å². The molecule has 0 amide bonds. The number of rotatable bonds is 1. The van der Waals surface area contributed by atoms with Crippen LogP contribution in [0.4, 0.5) is 0 Å². The molecule has 1 aromatic carbocycles. The molecule has 0 aliphatic heterocycles. The van der Waals surface area contributed by atoms with Gasteiger partial charge in [0.05, 0.1) is 5.52 Å². The topological polar surface area (TPSA) is 63.1 Å². The third-order valence-corrected chi connectivity index (χ3v) is 1.99. The summed E-state index contributed by atoms with van der Waals surface area (Å²) in [5, 5.41) is 9.63. The summed E-state index contributed by atoms with van der Waals surface area (Å²) < 4.78 is 0. The standard InChI is InChI=1S/C10H8N2O2/c1-6-7-4-2-3-5-8(7)12-9(11-6)10(13)14/h2-5H,1H3,(H,13,14). The largest absolute Gasteiger partial charge is 0.475 e. The van der Waals surface area contributed by atoms with E-state index in [1.165, 1.54) is 0 Å². The molecule has 0 bridgehead atoms. The maximum absolute atomic E-state index is 10.7. The second-order valence-electron chi connectivity index (χ2n) is 2.95. The van der Waals surface area contributed by atoms with E-state index in [1.54, 1.807) is 13.0 Å². The van der Waals surface area contributed by atoms with Gasteiger partial charge in [0.1, 0.15) is 0 Å². The zero-order valence-corrected chi connectivity index (χ0v) is 7.56. The highest BCUT2D eigenvalue weighted by molar-refractivity contribution is 5.88. The Bertz CT molecular complexity index is 508. The van der Waals surface area contributed by atoms with Gasteiger partial charge < -0.3 is 5.11 Å². The Morgan fingerprint density at radius 1 is 1.29 bits per heavy atom. The van der Waals surface area contributed by atoms with Crippen LogP contribution in [0.25, 0.3) is 10.9 Å². The molecular formula is C10H8N2O2. The van der Waals surface area contributed by atoms with Crippen LogP contribution < -0.4 is 0 Å². The number of benzene rings is 1. The van der Waals surface area contributed by atoms with Crippen molar-refractivity contribution in [2.24, 2.45) is 0 Å². The maximum atomic E-state index is 10.7. The summed E-state index contributed by atoms with van der Waals surface area (Å²) in [4.78, 5) is 18.5. The Labute approximate surface area is 80.2 Å². The highest BCUT2D eigenvalue weighted by Gasteiger charge is 2.09. The Kier molecular flexibility index (Phi) is 1.89. The first-order valence-electron chi connectivity index (χ1n) is 4.15. The van der Waals surface area contributed by atoms with Crippen LogP contribution in [0.3, 0.4) is 0 Å². The predicted octanol–water partition coefficient (Wildman–Crippen LogP) is 1.64. The Morgan fingerprint density at radius 2 is 2.00 bits per heavy atom. The van der Waals surface area contributed by atoms with Crippen molar-refractivity contribution in [3.05, 3.63) is 35.8 Å². The number of carboxylic acid groups (broad SMARTS) is 1. The van der Waals surface area contributed by atoms with E-state index in [1.807, 2.05) is 18.2 Å². The molecule has 2 rings (SSSR count). The molecule has 0 saturated carbocycles. The van der Waals surface area contributed by atoms with Crippen molar-refractivity contribution in [2.45, 2.75) is 6.92 Å². The molecule has 4 nitrogen and oxygen atoms in total. The average molecular weight is 188 g/mol. The molecular weight excluding hydrogens is 180 g/mol. The fourth-order valence-electron chi connectivity index (χ4n) is 1.33. The van der Waals surface area contributed by atoms with Crippen molar-refractivity contribution < 1.29 is 9.90 Å². The van der Waals surface area contributed by atoms with Crippen LogP contribution in [0.5, 0.6) is 0 Å². The Hall–Kier alpha value is -1.97. The van der Waals surface area contributed by atoms with Gasteiger partial charge in [0.25, 0.3) is 0 Å². The van der Waals surface area contributed by atoms with Gasteiger partial charge in [0.2, 0.25) is 5.82 Å². The zero-order chi connectivity index (χ0) is 10.1. The summed E-state index contributed by atoms with van der Waals surface area (Å²) in [6.45, 7) is 1.77. The number of hydrogen-bond acceptors (Lipinski definition) is 3. The fourth-order valence-corrected chi connectivity index (χ4v) is 1.33. The van der Waals surface area contributed by atoms with Crippen molar-refractivity contribution in [3.8, 4) is 0 Å². The Morgan fingerprint density at radius 3 is 2.71 bits per heavy atom. The molecule has 70 valence electrons. The third-order valence-electron chi connectivity index (χ3n) is 1.99. The van der Waals surface area contributed by atoms with E-state index in [0.717, 1.165) is 5.39 Å². The van der Waals surface area contributed by atoms with Gasteiger partial charge in [-0.3, -0.25) is 0 Å². The van der Waals surface area contributed by atoms with Gasteiger partial charge in [0.15, 0.2) is 0 Å². The van der Waals surface area contributed by atoms with Gasteiger partial charge in [-0.15, -0.1) is 0 Å². The molecule has 1 N–H and O–H groups in total. The minimum Gasteiger partial charge on any atom is -0.475 e. The van der Waals surface area contributed by atoms with E-state index >= 15 is 0 Å². The summed E-state index contributed by atoms with van der Waals surface area (Å²) in [5.41, 5.74) is 1.35. The van der Waals surface area contributed by atoms with E-state index in [-0.39, 0.29) is 5.82 Å². The van der Waals surface area contributed by atoms with E-state index in [4.69, 9.17) is 5.11 Å². The van der Waals surface area contributed by atoms with Gasteiger partial charge in [-0.2, -0.15) is 0 Å². The molecule has 0 atom stereocenters. The lowest BCUT2D eigenvalue weighted by Crippen LogP contribution is -2.05. The first kappa shape index (κ1) is 8.62. The minimum atomic E-state index is -1.10. The first-order valence-corrected chi connectivity index (χ1v) is 4.15. The molecule has 0 unspecified atom stereocenters. The number of aromatic nitrogens is 2. The van der Waals surface area contributed by atoms with Crippen molar-refractivity contribution in [1.29, 1.82) is 0 Å². The molecule has 0 fully saturated rings. The molecule has 1 aromatic heterocycles. The molecule has 0 spiro atoms. The third kappa shape index (κ3) is 1.31. The Balaban J connectivity index is 2.78. The normalized spacial score (nSPS) is 10.4. The number of nitrogens with zero attached hydrogens (tertiary/aromatic N) is 2. The fraction of sp³-hybridized carbons (Fsp3) is 0.100. The summed E-state index contributed by atoms with van der Waals surface area (Å²) >= 11 is 0. The van der Waals surface area contributed by atoms with Crippen LogP contribution in [0.1, 0.15) is 16.3 Å². The quantitative estimate of drug-likeness (QED) is 0.738. The zero-order valence-electron chi connectivity index (χ0n) is 7.56. The van der Waals surface area contributed by atoms with Crippen LogP contribution in [0, 0.1) is 6.92 Å². The summed E-state index contributed by atoms with van der Waals surface area (Å²) in [6.07, 6.45) is 0. The molecule has 0 saturated heterocycles. The number of aryl methyl sites for hydroxylation is 1. The molecule has 2 aromatic rings. The van der Waals surface area contributed by atoms with Crippen molar-refractivity contribution in [2.75, 3.05) is 0 Å². The van der Waals surface area contributed by atoms with Crippen LogP contribution in [0.2, 0.25) is 0 Å². The van der Waals surface area contributed by atoms with E-state index in [0.29, 0.717) is 11.2 Å². The first-order chi connectivity index (χ1) is 6.68. The van der Waals surface area contributed by atoms with Gasteiger partial charge >= 0.3 is 5.97 Å². The number of para-hydroxylation sites is 1. The number of carboxylic acids is 1. The second kappa shape index (κ2) is 3.06. The maximum Gasteiger partial charge on any atom is 0.373 e. The van der Waals surface area contributed by atoms with Gasteiger partial charge in [-0.05, 0) is 13.0 Å². The van der Waals surface area contributed by atoms with Gasteiger partial charge in [-0.1, -0.05) is 18.2 Å². The van der Waals surface area contributed by atoms with E-state index in [2.05, 4.69) is 9.97 Å². The SMILES string of the molecule is Cc1nc(C(=O)O)nc2ccccc12. The van der Waals surface area contributed by atoms with Crippen molar-refractivity contribution in [1.82, 2.24) is 9.97 Å². The number of aromatic carboxylic acids is 1. The van der Waals surface area contributed by atoms with Crippen LogP contribution in [-0.4, -0.2) is 21.0 Å². The summed E-state index contributed by atoms with van der Waals surface area (Å²) in [6, 6.07) is 7.34. The number of hydrogen-bond donors (Lipinski definition) is 1. The molecule has 4 heteroatoms. The second-order valence-corrected chi connectivity index (χ2v) is 2.95. The minimum absolute atomic E-state index is 0.152. The highest BCUT2D eigenvalue weighted by atomic mass is 16.4.